The highest BCUT2D eigenvalue weighted by molar-refractivity contribution is 7.92. The van der Waals surface area contributed by atoms with E-state index in [-0.39, 0.29) is 0 Å². The van der Waals surface area contributed by atoms with Crippen molar-refractivity contribution in [3.63, 3.8) is 0 Å². The van der Waals surface area contributed by atoms with Gasteiger partial charge in [0.1, 0.15) is 5.25 Å². The maximum atomic E-state index is 11.5. The van der Waals surface area contributed by atoms with Crippen LogP contribution in [-0.4, -0.2) is 25.8 Å². The van der Waals surface area contributed by atoms with E-state index in [1.807, 2.05) is 30.3 Å². The largest absolute Gasteiger partial charge is 0.351 e. The Bertz CT molecular complexity index is 453. The van der Waals surface area contributed by atoms with Gasteiger partial charge in [0.15, 0.2) is 9.84 Å². The highest BCUT2D eigenvalue weighted by Gasteiger charge is 2.22. The van der Waals surface area contributed by atoms with E-state index in [0.29, 0.717) is 6.54 Å². The zero-order valence-corrected chi connectivity index (χ0v) is 10.1. The average Bonchev–Trinajstić information content (AvgIpc) is 2.25. The molecule has 0 saturated heterocycles. The Kier molecular flexibility index (Phi) is 4.06. The minimum atomic E-state index is -3.32. The van der Waals surface area contributed by atoms with E-state index in [2.05, 4.69) is 5.32 Å². The molecule has 88 valence electrons. The zero-order chi connectivity index (χ0) is 12.2. The first-order chi connectivity index (χ1) is 7.41. The van der Waals surface area contributed by atoms with Gasteiger partial charge in [-0.05, 0) is 12.5 Å². The van der Waals surface area contributed by atoms with E-state index in [0.717, 1.165) is 11.8 Å². The number of hydrogen-bond acceptors (Lipinski definition) is 3. The smallest absolute Gasteiger partial charge is 0.238 e. The maximum Gasteiger partial charge on any atom is 0.238 e. The third-order valence-corrected chi connectivity index (χ3v) is 3.82. The van der Waals surface area contributed by atoms with Crippen LogP contribution in [0.2, 0.25) is 0 Å². The van der Waals surface area contributed by atoms with Gasteiger partial charge in [-0.15, -0.1) is 0 Å². The van der Waals surface area contributed by atoms with Crippen LogP contribution in [0.15, 0.2) is 30.3 Å². The number of amides is 1. The summed E-state index contributed by atoms with van der Waals surface area (Å²) >= 11 is 0. The lowest BCUT2D eigenvalue weighted by molar-refractivity contribution is -0.120. The fourth-order valence-electron chi connectivity index (χ4n) is 1.12. The first-order valence-corrected chi connectivity index (χ1v) is 6.87. The van der Waals surface area contributed by atoms with Crippen molar-refractivity contribution in [2.24, 2.45) is 0 Å². The molecule has 16 heavy (non-hydrogen) atoms. The van der Waals surface area contributed by atoms with Gasteiger partial charge >= 0.3 is 0 Å². The van der Waals surface area contributed by atoms with Crippen LogP contribution in [0.1, 0.15) is 12.5 Å². The standard InChI is InChI=1S/C11H15NO3S/c1-9(16(2,14)15)11(13)12-8-10-6-4-3-5-7-10/h3-7,9H,8H2,1-2H3,(H,12,13). The van der Waals surface area contributed by atoms with E-state index >= 15 is 0 Å². The molecule has 0 fully saturated rings. The Hall–Kier alpha value is -1.36. The maximum absolute atomic E-state index is 11.5. The van der Waals surface area contributed by atoms with Gasteiger partial charge in [0, 0.05) is 12.8 Å². The van der Waals surface area contributed by atoms with Crippen LogP contribution in [0, 0.1) is 0 Å². The van der Waals surface area contributed by atoms with Gasteiger partial charge in [-0.3, -0.25) is 4.79 Å². The number of carbonyl (C=O) groups excluding carboxylic acids is 1. The van der Waals surface area contributed by atoms with Crippen molar-refractivity contribution >= 4 is 15.7 Å². The van der Waals surface area contributed by atoms with Crippen molar-refractivity contribution in [2.45, 2.75) is 18.7 Å². The molecule has 0 aliphatic rings. The summed E-state index contributed by atoms with van der Waals surface area (Å²) in [7, 11) is -3.32. The summed E-state index contributed by atoms with van der Waals surface area (Å²) in [6, 6.07) is 9.34. The molecule has 0 spiro atoms. The average molecular weight is 241 g/mol. The lowest BCUT2D eigenvalue weighted by atomic mass is 10.2. The predicted octanol–water partition coefficient (Wildman–Crippen LogP) is 0.736. The highest BCUT2D eigenvalue weighted by Crippen LogP contribution is 2.00. The lowest BCUT2D eigenvalue weighted by Crippen LogP contribution is -2.36. The molecule has 5 heteroatoms. The molecular formula is C11H15NO3S. The van der Waals surface area contributed by atoms with E-state index in [1.54, 1.807) is 0 Å². The quantitative estimate of drug-likeness (QED) is 0.845. The van der Waals surface area contributed by atoms with Gasteiger partial charge in [-0.25, -0.2) is 8.42 Å². The number of sulfone groups is 1. The topological polar surface area (TPSA) is 63.2 Å². The fraction of sp³-hybridized carbons (Fsp3) is 0.364. The summed E-state index contributed by atoms with van der Waals surface area (Å²) in [4.78, 5) is 11.5. The summed E-state index contributed by atoms with van der Waals surface area (Å²) in [6.07, 6.45) is 1.06. The summed E-state index contributed by atoms with van der Waals surface area (Å²) in [5, 5.41) is 1.58. The van der Waals surface area contributed by atoms with Crippen LogP contribution >= 0.6 is 0 Å². The van der Waals surface area contributed by atoms with Crippen LogP contribution in [0.25, 0.3) is 0 Å². The number of carbonyl (C=O) groups is 1. The van der Waals surface area contributed by atoms with Crippen LogP contribution in [0.4, 0.5) is 0 Å². The molecule has 1 aromatic carbocycles. The number of benzene rings is 1. The van der Waals surface area contributed by atoms with Crippen LogP contribution in [-0.2, 0) is 21.2 Å². The summed E-state index contributed by atoms with van der Waals surface area (Å²) in [5.41, 5.74) is 0.941. The van der Waals surface area contributed by atoms with Crippen molar-refractivity contribution in [1.82, 2.24) is 5.32 Å². The molecule has 0 aromatic heterocycles. The normalized spacial score (nSPS) is 13.1. The highest BCUT2D eigenvalue weighted by atomic mass is 32.2. The molecule has 0 bridgehead atoms. The lowest BCUT2D eigenvalue weighted by Gasteiger charge is -2.10. The van der Waals surface area contributed by atoms with Gasteiger partial charge in [0.2, 0.25) is 5.91 Å². The van der Waals surface area contributed by atoms with Gasteiger partial charge in [-0.1, -0.05) is 30.3 Å². The molecule has 1 N–H and O–H groups in total. The Morgan fingerprint density at radius 3 is 2.38 bits per heavy atom. The molecule has 1 rings (SSSR count). The molecule has 0 aliphatic carbocycles. The predicted molar refractivity (Wildman–Crippen MR) is 62.6 cm³/mol. The van der Waals surface area contributed by atoms with E-state index in [9.17, 15) is 13.2 Å². The second-order valence-electron chi connectivity index (χ2n) is 3.68. The molecule has 0 heterocycles. The Balaban J connectivity index is 2.54. The molecular weight excluding hydrogens is 226 g/mol. The minimum absolute atomic E-state index is 0.347. The van der Waals surface area contributed by atoms with E-state index in [1.165, 1.54) is 6.92 Å². The van der Waals surface area contributed by atoms with Crippen LogP contribution < -0.4 is 5.32 Å². The summed E-state index contributed by atoms with van der Waals surface area (Å²) < 4.78 is 22.2. The van der Waals surface area contributed by atoms with Crippen molar-refractivity contribution < 1.29 is 13.2 Å². The van der Waals surface area contributed by atoms with E-state index in [4.69, 9.17) is 0 Å². The molecule has 1 aromatic rings. The SMILES string of the molecule is CC(C(=O)NCc1ccccc1)S(C)(=O)=O. The van der Waals surface area contributed by atoms with Crippen molar-refractivity contribution in [2.75, 3.05) is 6.26 Å². The summed E-state index contributed by atoms with van der Waals surface area (Å²) in [5.74, 6) is -0.466. The van der Waals surface area contributed by atoms with Gasteiger partial charge < -0.3 is 5.32 Å². The molecule has 1 amide bonds. The van der Waals surface area contributed by atoms with Crippen molar-refractivity contribution in [3.8, 4) is 0 Å². The second-order valence-corrected chi connectivity index (χ2v) is 6.04. The summed E-state index contributed by atoms with van der Waals surface area (Å²) in [6.45, 7) is 1.73. The number of hydrogen-bond donors (Lipinski definition) is 1. The third-order valence-electron chi connectivity index (χ3n) is 2.32. The zero-order valence-electron chi connectivity index (χ0n) is 9.30. The van der Waals surface area contributed by atoms with E-state index < -0.39 is 21.0 Å². The first kappa shape index (κ1) is 12.7. The van der Waals surface area contributed by atoms with Crippen molar-refractivity contribution in [3.05, 3.63) is 35.9 Å². The monoisotopic (exact) mass is 241 g/mol. The Morgan fingerprint density at radius 2 is 1.88 bits per heavy atom. The fourth-order valence-corrected chi connectivity index (χ4v) is 1.60. The third kappa shape index (κ3) is 3.66. The van der Waals surface area contributed by atoms with Crippen LogP contribution in [0.5, 0.6) is 0 Å². The van der Waals surface area contributed by atoms with Crippen LogP contribution in [0.3, 0.4) is 0 Å². The van der Waals surface area contributed by atoms with Crippen molar-refractivity contribution in [1.29, 1.82) is 0 Å². The Morgan fingerprint density at radius 1 is 1.31 bits per heavy atom. The Labute approximate surface area is 95.6 Å². The second kappa shape index (κ2) is 5.12. The minimum Gasteiger partial charge on any atom is -0.351 e. The van der Waals surface area contributed by atoms with Gasteiger partial charge in [0.25, 0.3) is 0 Å². The first-order valence-electron chi connectivity index (χ1n) is 4.92. The molecule has 1 unspecified atom stereocenters. The molecule has 0 saturated carbocycles. The number of rotatable bonds is 4. The number of nitrogens with one attached hydrogen (secondary N) is 1. The molecule has 4 nitrogen and oxygen atoms in total. The van der Waals surface area contributed by atoms with Gasteiger partial charge in [-0.2, -0.15) is 0 Å². The van der Waals surface area contributed by atoms with Gasteiger partial charge in [0.05, 0.1) is 0 Å². The molecule has 0 aliphatic heterocycles. The molecule has 1 atom stereocenters. The molecule has 0 radical (unpaired) electrons.